The monoisotopic (exact) mass is 460 g/mol. The van der Waals surface area contributed by atoms with Crippen molar-refractivity contribution in [2.24, 2.45) is 0 Å². The summed E-state index contributed by atoms with van der Waals surface area (Å²) in [7, 11) is 0. The highest BCUT2D eigenvalue weighted by Crippen LogP contribution is 2.26. The van der Waals surface area contributed by atoms with Crippen LogP contribution in [0.25, 0.3) is 0 Å². The smallest absolute Gasteiger partial charge is 0.261 e. The molecular weight excluding hydrogens is 432 g/mol. The summed E-state index contributed by atoms with van der Waals surface area (Å²) in [6, 6.07) is 13.2. The van der Waals surface area contributed by atoms with Crippen molar-refractivity contribution in [2.45, 2.75) is 46.7 Å². The summed E-state index contributed by atoms with van der Waals surface area (Å²) in [4.78, 5) is 26.9. The Morgan fingerprint density at radius 3 is 2.34 bits per heavy atom. The summed E-state index contributed by atoms with van der Waals surface area (Å²) in [6.07, 6.45) is 0.923. The fourth-order valence-corrected chi connectivity index (χ4v) is 3.44. The van der Waals surface area contributed by atoms with Crippen LogP contribution >= 0.6 is 15.9 Å². The Morgan fingerprint density at radius 2 is 1.76 bits per heavy atom. The Hall–Kier alpha value is -2.34. The average Bonchev–Trinajstić information content (AvgIpc) is 2.71. The predicted molar refractivity (Wildman–Crippen MR) is 119 cm³/mol. The van der Waals surface area contributed by atoms with E-state index in [1.807, 2.05) is 56.3 Å². The molecule has 0 aromatic heterocycles. The molecule has 156 valence electrons. The highest BCUT2D eigenvalue weighted by atomic mass is 79.9. The molecule has 0 aliphatic carbocycles. The van der Waals surface area contributed by atoms with E-state index in [1.54, 1.807) is 11.8 Å². The van der Waals surface area contributed by atoms with Crippen molar-refractivity contribution in [3.8, 4) is 5.75 Å². The van der Waals surface area contributed by atoms with Gasteiger partial charge in [-0.3, -0.25) is 9.59 Å². The molecule has 0 saturated heterocycles. The van der Waals surface area contributed by atoms with Crippen molar-refractivity contribution in [2.75, 3.05) is 13.2 Å². The Bertz CT molecular complexity index is 837. The minimum atomic E-state index is -0.599. The summed E-state index contributed by atoms with van der Waals surface area (Å²) >= 11 is 3.49. The van der Waals surface area contributed by atoms with Crippen molar-refractivity contribution in [1.82, 2.24) is 10.2 Å². The van der Waals surface area contributed by atoms with E-state index in [-0.39, 0.29) is 18.4 Å². The number of carbonyl (C=O) groups excluding carboxylic acids is 2. The van der Waals surface area contributed by atoms with Gasteiger partial charge in [0.15, 0.2) is 6.61 Å². The number of halogens is 1. The quantitative estimate of drug-likeness (QED) is 0.608. The number of amides is 2. The van der Waals surface area contributed by atoms with Gasteiger partial charge in [-0.05, 0) is 66.4 Å². The third-order valence-corrected chi connectivity index (χ3v) is 5.37. The number of ether oxygens (including phenoxy) is 1. The first kappa shape index (κ1) is 22.9. The van der Waals surface area contributed by atoms with Crippen molar-refractivity contribution < 1.29 is 14.3 Å². The lowest BCUT2D eigenvalue weighted by Gasteiger charge is -2.28. The first-order chi connectivity index (χ1) is 13.8. The van der Waals surface area contributed by atoms with Crippen LogP contribution in [0.1, 0.15) is 37.5 Å². The lowest BCUT2D eigenvalue weighted by Crippen LogP contribution is -2.49. The first-order valence-corrected chi connectivity index (χ1v) is 10.7. The number of aryl methyl sites for hydroxylation is 2. The molecule has 0 unspecified atom stereocenters. The van der Waals surface area contributed by atoms with Gasteiger partial charge in [0, 0.05) is 13.1 Å². The molecule has 0 bridgehead atoms. The average molecular weight is 461 g/mol. The maximum absolute atomic E-state index is 13.0. The van der Waals surface area contributed by atoms with Crippen LogP contribution in [0, 0.1) is 6.92 Å². The lowest BCUT2D eigenvalue weighted by molar-refractivity contribution is -0.142. The van der Waals surface area contributed by atoms with Gasteiger partial charge >= 0.3 is 0 Å². The van der Waals surface area contributed by atoms with E-state index < -0.39 is 6.04 Å². The molecule has 0 saturated carbocycles. The van der Waals surface area contributed by atoms with E-state index in [2.05, 4.69) is 28.2 Å². The molecule has 2 aromatic carbocycles. The number of nitrogens with one attached hydrogen (secondary N) is 1. The predicted octanol–water partition coefficient (Wildman–Crippen LogP) is 4.25. The van der Waals surface area contributed by atoms with Crippen LogP contribution in [0.3, 0.4) is 0 Å². The summed E-state index contributed by atoms with van der Waals surface area (Å²) in [6.45, 7) is 8.41. The minimum Gasteiger partial charge on any atom is -0.483 e. The van der Waals surface area contributed by atoms with Gasteiger partial charge in [-0.15, -0.1) is 0 Å². The molecule has 2 amide bonds. The van der Waals surface area contributed by atoms with Crippen LogP contribution in [0.15, 0.2) is 46.9 Å². The first-order valence-electron chi connectivity index (χ1n) is 9.89. The zero-order valence-electron chi connectivity index (χ0n) is 17.5. The largest absolute Gasteiger partial charge is 0.483 e. The number of rotatable bonds is 9. The Kier molecular flexibility index (Phi) is 8.70. The summed E-state index contributed by atoms with van der Waals surface area (Å²) in [5.74, 6) is 0.189. The molecule has 0 spiro atoms. The zero-order chi connectivity index (χ0) is 21.4. The molecule has 2 rings (SSSR count). The van der Waals surface area contributed by atoms with Gasteiger partial charge in [0.1, 0.15) is 11.8 Å². The van der Waals surface area contributed by atoms with Crippen molar-refractivity contribution in [3.63, 3.8) is 0 Å². The standard InChI is InChI=1S/C23H29BrN2O3/c1-5-18-11-12-21(20(24)13-18)29-15-22(27)26(17(4)23(28)25-6-2)14-19-9-7-16(3)8-10-19/h7-13,17H,5-6,14-15H2,1-4H3,(H,25,28)/t17-/m0/s1. The summed E-state index contributed by atoms with van der Waals surface area (Å²) < 4.78 is 6.57. The maximum atomic E-state index is 13.0. The number of hydrogen-bond donors (Lipinski definition) is 1. The molecule has 1 atom stereocenters. The number of nitrogens with zero attached hydrogens (tertiary/aromatic N) is 1. The van der Waals surface area contributed by atoms with E-state index in [0.29, 0.717) is 18.8 Å². The second-order valence-corrected chi connectivity index (χ2v) is 7.84. The Labute approximate surface area is 181 Å². The lowest BCUT2D eigenvalue weighted by atomic mass is 10.1. The Balaban J connectivity index is 2.14. The topological polar surface area (TPSA) is 58.6 Å². The van der Waals surface area contributed by atoms with Crippen LogP contribution in [0.2, 0.25) is 0 Å². The highest BCUT2D eigenvalue weighted by molar-refractivity contribution is 9.10. The van der Waals surface area contributed by atoms with E-state index in [0.717, 1.165) is 22.0 Å². The van der Waals surface area contributed by atoms with Crippen molar-refractivity contribution in [3.05, 3.63) is 63.6 Å². The van der Waals surface area contributed by atoms with Crippen LogP contribution < -0.4 is 10.1 Å². The molecule has 0 fully saturated rings. The molecule has 0 heterocycles. The van der Waals surface area contributed by atoms with Gasteiger partial charge in [-0.25, -0.2) is 0 Å². The normalized spacial score (nSPS) is 11.6. The third-order valence-electron chi connectivity index (χ3n) is 4.75. The van der Waals surface area contributed by atoms with E-state index in [4.69, 9.17) is 4.74 Å². The number of benzene rings is 2. The molecule has 0 aliphatic heterocycles. The number of hydrogen-bond acceptors (Lipinski definition) is 3. The number of likely N-dealkylation sites (N-methyl/N-ethyl adjacent to an activating group) is 1. The molecule has 5 nitrogen and oxygen atoms in total. The van der Waals surface area contributed by atoms with Crippen LogP contribution in [-0.4, -0.2) is 35.9 Å². The van der Waals surface area contributed by atoms with Crippen LogP contribution in [0.5, 0.6) is 5.75 Å². The zero-order valence-corrected chi connectivity index (χ0v) is 19.1. The summed E-state index contributed by atoms with van der Waals surface area (Å²) in [5.41, 5.74) is 3.29. The molecule has 29 heavy (non-hydrogen) atoms. The van der Waals surface area contributed by atoms with Crippen molar-refractivity contribution >= 4 is 27.7 Å². The van der Waals surface area contributed by atoms with Crippen molar-refractivity contribution in [1.29, 1.82) is 0 Å². The SMILES string of the molecule is CCNC(=O)[C@H](C)N(Cc1ccc(C)cc1)C(=O)COc1ccc(CC)cc1Br. The van der Waals surface area contributed by atoms with Crippen LogP contribution in [-0.2, 0) is 22.6 Å². The molecule has 6 heteroatoms. The van der Waals surface area contributed by atoms with Gasteiger partial charge in [0.2, 0.25) is 5.91 Å². The fraction of sp³-hybridized carbons (Fsp3) is 0.391. The van der Waals surface area contributed by atoms with Gasteiger partial charge in [0.05, 0.1) is 4.47 Å². The molecule has 0 aliphatic rings. The molecule has 0 radical (unpaired) electrons. The maximum Gasteiger partial charge on any atom is 0.261 e. The minimum absolute atomic E-state index is 0.139. The van der Waals surface area contributed by atoms with E-state index in [9.17, 15) is 9.59 Å². The van der Waals surface area contributed by atoms with Crippen LogP contribution in [0.4, 0.5) is 0 Å². The Morgan fingerprint density at radius 1 is 1.10 bits per heavy atom. The summed E-state index contributed by atoms with van der Waals surface area (Å²) in [5, 5.41) is 2.79. The third kappa shape index (κ3) is 6.60. The van der Waals surface area contributed by atoms with E-state index >= 15 is 0 Å². The second kappa shape index (κ2) is 11.0. The number of carbonyl (C=O) groups is 2. The molecular formula is C23H29BrN2O3. The molecule has 1 N–H and O–H groups in total. The van der Waals surface area contributed by atoms with E-state index in [1.165, 1.54) is 5.56 Å². The van der Waals surface area contributed by atoms with Gasteiger partial charge in [-0.1, -0.05) is 42.8 Å². The highest BCUT2D eigenvalue weighted by Gasteiger charge is 2.26. The second-order valence-electron chi connectivity index (χ2n) is 6.98. The fourth-order valence-electron chi connectivity index (χ4n) is 2.90. The molecule has 2 aromatic rings. The van der Waals surface area contributed by atoms with Gasteiger partial charge < -0.3 is 15.0 Å². The van der Waals surface area contributed by atoms with Gasteiger partial charge in [-0.2, -0.15) is 0 Å². The van der Waals surface area contributed by atoms with Gasteiger partial charge in [0.25, 0.3) is 5.91 Å².